The fraction of sp³-hybridized carbons (Fsp3) is 0.194. The highest BCUT2D eigenvalue weighted by molar-refractivity contribution is 6.17. The van der Waals surface area contributed by atoms with Crippen LogP contribution >= 0.6 is 0 Å². The van der Waals surface area contributed by atoms with E-state index < -0.39 is 0 Å². The molecule has 0 radical (unpaired) electrons. The van der Waals surface area contributed by atoms with E-state index in [0.717, 1.165) is 34.8 Å². The standard InChI is InChI=1S/C31H30N2O/c1-4-5-20-33-29-9-7-6-8-27(29)28-21-24(14-19-30(28)33)31(23-12-17-26(34-3)18-13-23)32-25-15-10-22(2)11-16-25/h6-19,21H,4-5,20H2,1-3H3. The van der Waals surface area contributed by atoms with Crippen molar-refractivity contribution in [3.8, 4) is 5.75 Å². The largest absolute Gasteiger partial charge is 0.497 e. The summed E-state index contributed by atoms with van der Waals surface area (Å²) in [6, 6.07) is 32.0. The predicted molar refractivity (Wildman–Crippen MR) is 144 cm³/mol. The minimum atomic E-state index is 0.841. The van der Waals surface area contributed by atoms with Crippen molar-refractivity contribution < 1.29 is 4.74 Å². The molecule has 0 spiro atoms. The molecule has 0 atom stereocenters. The lowest BCUT2D eigenvalue weighted by atomic mass is 9.99. The molecule has 0 aliphatic carbocycles. The van der Waals surface area contributed by atoms with Gasteiger partial charge in [-0.3, -0.25) is 0 Å². The van der Waals surface area contributed by atoms with Crippen molar-refractivity contribution in [3.05, 3.63) is 108 Å². The zero-order chi connectivity index (χ0) is 23.5. The maximum Gasteiger partial charge on any atom is 0.118 e. The minimum Gasteiger partial charge on any atom is -0.497 e. The Morgan fingerprint density at radius 3 is 2.24 bits per heavy atom. The van der Waals surface area contributed by atoms with E-state index >= 15 is 0 Å². The summed E-state index contributed by atoms with van der Waals surface area (Å²) < 4.78 is 7.84. The molecule has 1 heterocycles. The fourth-order valence-electron chi connectivity index (χ4n) is 4.55. The number of rotatable bonds is 7. The van der Waals surface area contributed by atoms with Crippen LogP contribution in [0, 0.1) is 6.92 Å². The fourth-order valence-corrected chi connectivity index (χ4v) is 4.55. The Balaban J connectivity index is 1.70. The molecule has 3 heteroatoms. The second-order valence-electron chi connectivity index (χ2n) is 8.78. The van der Waals surface area contributed by atoms with Crippen LogP contribution in [0.2, 0.25) is 0 Å². The zero-order valence-electron chi connectivity index (χ0n) is 20.1. The number of benzene rings is 4. The first-order valence-electron chi connectivity index (χ1n) is 12.0. The van der Waals surface area contributed by atoms with Gasteiger partial charge >= 0.3 is 0 Å². The Hall–Kier alpha value is -3.85. The highest BCUT2D eigenvalue weighted by atomic mass is 16.5. The van der Waals surface area contributed by atoms with Crippen LogP contribution in [0.5, 0.6) is 5.75 Å². The maximum atomic E-state index is 5.38. The van der Waals surface area contributed by atoms with Crippen LogP contribution in [0.25, 0.3) is 21.8 Å². The highest BCUT2D eigenvalue weighted by Crippen LogP contribution is 2.31. The molecule has 0 fully saturated rings. The number of aryl methyl sites for hydroxylation is 2. The van der Waals surface area contributed by atoms with E-state index in [0.29, 0.717) is 0 Å². The molecular weight excluding hydrogens is 416 g/mol. The van der Waals surface area contributed by atoms with Crippen molar-refractivity contribution in [2.75, 3.05) is 7.11 Å². The molecule has 0 unspecified atom stereocenters. The van der Waals surface area contributed by atoms with E-state index in [1.807, 2.05) is 12.1 Å². The van der Waals surface area contributed by atoms with Crippen LogP contribution < -0.4 is 4.74 Å². The Kier molecular flexibility index (Phi) is 6.18. The Labute approximate surface area is 201 Å². The number of nitrogens with zero attached hydrogens (tertiary/aromatic N) is 2. The second kappa shape index (κ2) is 9.56. The quantitative estimate of drug-likeness (QED) is 0.232. The molecular formula is C31H30N2O. The van der Waals surface area contributed by atoms with Gasteiger partial charge in [0.25, 0.3) is 0 Å². The van der Waals surface area contributed by atoms with Gasteiger partial charge in [0, 0.05) is 39.5 Å². The summed E-state index contributed by atoms with van der Waals surface area (Å²) in [7, 11) is 1.69. The smallest absolute Gasteiger partial charge is 0.118 e. The van der Waals surface area contributed by atoms with Gasteiger partial charge in [0.15, 0.2) is 0 Å². The number of aliphatic imine (C=N–C) groups is 1. The third-order valence-electron chi connectivity index (χ3n) is 6.42. The lowest BCUT2D eigenvalue weighted by Gasteiger charge is -2.11. The molecule has 0 bridgehead atoms. The minimum absolute atomic E-state index is 0.841. The number of hydrogen-bond donors (Lipinski definition) is 0. The van der Waals surface area contributed by atoms with Crippen LogP contribution in [0.4, 0.5) is 5.69 Å². The van der Waals surface area contributed by atoms with E-state index in [2.05, 4.69) is 97.3 Å². The SMILES string of the molecule is CCCCn1c2ccccc2c2cc(C(=Nc3ccc(C)cc3)c3ccc(OC)cc3)ccc21. The molecule has 0 aliphatic rings. The monoisotopic (exact) mass is 446 g/mol. The van der Waals surface area contributed by atoms with Crippen molar-refractivity contribution in [1.29, 1.82) is 0 Å². The summed E-state index contributed by atoms with van der Waals surface area (Å²) in [5, 5.41) is 2.56. The average Bonchev–Trinajstić information content (AvgIpc) is 3.20. The molecule has 5 aromatic rings. The van der Waals surface area contributed by atoms with Gasteiger partial charge in [0.1, 0.15) is 5.75 Å². The molecule has 0 aliphatic heterocycles. The summed E-state index contributed by atoms with van der Waals surface area (Å²) in [4.78, 5) is 5.11. The molecule has 0 saturated heterocycles. The summed E-state index contributed by atoms with van der Waals surface area (Å²) in [5.74, 6) is 0.841. The van der Waals surface area contributed by atoms with E-state index in [1.165, 1.54) is 40.2 Å². The van der Waals surface area contributed by atoms with Crippen molar-refractivity contribution in [2.24, 2.45) is 4.99 Å². The second-order valence-corrected chi connectivity index (χ2v) is 8.78. The molecule has 0 saturated carbocycles. The lowest BCUT2D eigenvalue weighted by molar-refractivity contribution is 0.415. The average molecular weight is 447 g/mol. The Bertz CT molecular complexity index is 1460. The zero-order valence-corrected chi connectivity index (χ0v) is 20.1. The van der Waals surface area contributed by atoms with Gasteiger partial charge in [-0.15, -0.1) is 0 Å². The summed E-state index contributed by atoms with van der Waals surface area (Å²) in [6.45, 7) is 5.37. The molecule has 5 rings (SSSR count). The van der Waals surface area contributed by atoms with Gasteiger partial charge in [-0.05, 0) is 67.9 Å². The molecule has 1 aromatic heterocycles. The number of ether oxygens (including phenoxy) is 1. The third kappa shape index (κ3) is 4.22. The van der Waals surface area contributed by atoms with Crippen LogP contribution in [0.3, 0.4) is 0 Å². The number of unbranched alkanes of at least 4 members (excludes halogenated alkanes) is 1. The van der Waals surface area contributed by atoms with E-state index in [4.69, 9.17) is 9.73 Å². The number of para-hydroxylation sites is 1. The maximum absolute atomic E-state index is 5.38. The normalized spacial score (nSPS) is 11.9. The lowest BCUT2D eigenvalue weighted by Crippen LogP contribution is -2.03. The number of hydrogen-bond acceptors (Lipinski definition) is 2. The van der Waals surface area contributed by atoms with Crippen LogP contribution in [-0.4, -0.2) is 17.4 Å². The molecule has 0 N–H and O–H groups in total. The Morgan fingerprint density at radius 2 is 1.50 bits per heavy atom. The molecule has 4 aromatic carbocycles. The number of methoxy groups -OCH3 is 1. The molecule has 170 valence electrons. The van der Waals surface area contributed by atoms with Crippen molar-refractivity contribution in [3.63, 3.8) is 0 Å². The van der Waals surface area contributed by atoms with E-state index in [9.17, 15) is 0 Å². The summed E-state index contributed by atoms with van der Waals surface area (Å²) in [6.07, 6.45) is 2.35. The topological polar surface area (TPSA) is 26.5 Å². The first-order chi connectivity index (χ1) is 16.7. The van der Waals surface area contributed by atoms with Gasteiger partial charge < -0.3 is 9.30 Å². The Morgan fingerprint density at radius 1 is 0.794 bits per heavy atom. The van der Waals surface area contributed by atoms with E-state index in [-0.39, 0.29) is 0 Å². The third-order valence-corrected chi connectivity index (χ3v) is 6.42. The van der Waals surface area contributed by atoms with Crippen LogP contribution in [0.1, 0.15) is 36.5 Å². The first kappa shape index (κ1) is 22.0. The number of aromatic nitrogens is 1. The highest BCUT2D eigenvalue weighted by Gasteiger charge is 2.14. The van der Waals surface area contributed by atoms with Crippen molar-refractivity contribution >= 4 is 33.2 Å². The molecule has 3 nitrogen and oxygen atoms in total. The molecule has 0 amide bonds. The number of fused-ring (bicyclic) bond motifs is 3. The van der Waals surface area contributed by atoms with Gasteiger partial charge in [-0.25, -0.2) is 4.99 Å². The van der Waals surface area contributed by atoms with Crippen molar-refractivity contribution in [1.82, 2.24) is 4.57 Å². The summed E-state index contributed by atoms with van der Waals surface area (Å²) in [5.41, 5.74) is 7.88. The van der Waals surface area contributed by atoms with Gasteiger partial charge in [0.2, 0.25) is 0 Å². The van der Waals surface area contributed by atoms with Crippen molar-refractivity contribution in [2.45, 2.75) is 33.2 Å². The van der Waals surface area contributed by atoms with Gasteiger partial charge in [-0.1, -0.05) is 55.3 Å². The predicted octanol–water partition coefficient (Wildman–Crippen LogP) is 8.08. The van der Waals surface area contributed by atoms with Crippen LogP contribution in [0.15, 0.2) is 96.0 Å². The van der Waals surface area contributed by atoms with E-state index in [1.54, 1.807) is 7.11 Å². The summed E-state index contributed by atoms with van der Waals surface area (Å²) >= 11 is 0. The molecule has 34 heavy (non-hydrogen) atoms. The van der Waals surface area contributed by atoms with Gasteiger partial charge in [0.05, 0.1) is 18.5 Å². The van der Waals surface area contributed by atoms with Crippen LogP contribution in [-0.2, 0) is 6.54 Å². The first-order valence-corrected chi connectivity index (χ1v) is 12.0. The van der Waals surface area contributed by atoms with Gasteiger partial charge in [-0.2, -0.15) is 0 Å².